The van der Waals surface area contributed by atoms with Crippen molar-refractivity contribution in [3.63, 3.8) is 0 Å². The number of nitrogens with one attached hydrogen (secondary N) is 1. The van der Waals surface area contributed by atoms with Crippen LogP contribution in [-0.4, -0.2) is 17.3 Å². The molecule has 0 saturated heterocycles. The standard InChI is InChI=1S/C12H14ClF2NO/c1-12(2,16-11(17)7-13)6-8-3-9(14)5-10(15)4-8/h3-5H,6-7H2,1-2H3,(H,16,17). The van der Waals surface area contributed by atoms with E-state index in [1.165, 1.54) is 12.1 Å². The highest BCUT2D eigenvalue weighted by atomic mass is 35.5. The van der Waals surface area contributed by atoms with E-state index in [1.54, 1.807) is 13.8 Å². The predicted molar refractivity (Wildman–Crippen MR) is 63.0 cm³/mol. The van der Waals surface area contributed by atoms with E-state index in [0.29, 0.717) is 12.0 Å². The van der Waals surface area contributed by atoms with E-state index in [9.17, 15) is 13.6 Å². The van der Waals surface area contributed by atoms with E-state index < -0.39 is 17.2 Å². The summed E-state index contributed by atoms with van der Waals surface area (Å²) in [5, 5.41) is 2.68. The van der Waals surface area contributed by atoms with Crippen LogP contribution >= 0.6 is 11.6 Å². The van der Waals surface area contributed by atoms with Gasteiger partial charge in [-0.05, 0) is 38.0 Å². The van der Waals surface area contributed by atoms with Gasteiger partial charge in [0.2, 0.25) is 5.91 Å². The van der Waals surface area contributed by atoms with Crippen LogP contribution in [-0.2, 0) is 11.2 Å². The third kappa shape index (κ3) is 4.69. The first-order valence-electron chi connectivity index (χ1n) is 5.14. The van der Waals surface area contributed by atoms with Crippen molar-refractivity contribution in [2.24, 2.45) is 0 Å². The molecule has 1 aromatic rings. The van der Waals surface area contributed by atoms with Crippen LogP contribution in [0.4, 0.5) is 8.78 Å². The molecule has 5 heteroatoms. The van der Waals surface area contributed by atoms with Crippen LogP contribution < -0.4 is 5.32 Å². The van der Waals surface area contributed by atoms with Crippen LogP contribution in [0, 0.1) is 11.6 Å². The first-order valence-corrected chi connectivity index (χ1v) is 5.68. The first-order chi connectivity index (χ1) is 7.82. The van der Waals surface area contributed by atoms with Gasteiger partial charge in [-0.25, -0.2) is 8.78 Å². The molecule has 0 aliphatic carbocycles. The Bertz CT molecular complexity index is 401. The minimum absolute atomic E-state index is 0.138. The molecule has 1 aromatic carbocycles. The van der Waals surface area contributed by atoms with Gasteiger partial charge in [-0.15, -0.1) is 11.6 Å². The molecule has 0 aliphatic rings. The fourth-order valence-corrected chi connectivity index (χ4v) is 1.75. The van der Waals surface area contributed by atoms with Crippen molar-refractivity contribution in [1.82, 2.24) is 5.32 Å². The van der Waals surface area contributed by atoms with Crippen molar-refractivity contribution in [3.8, 4) is 0 Å². The third-order valence-corrected chi connectivity index (χ3v) is 2.41. The third-order valence-electron chi connectivity index (χ3n) is 2.17. The molecule has 0 saturated carbocycles. The molecule has 94 valence electrons. The second kappa shape index (κ2) is 5.45. The smallest absolute Gasteiger partial charge is 0.235 e. The lowest BCUT2D eigenvalue weighted by atomic mass is 9.95. The molecule has 0 aliphatic heterocycles. The van der Waals surface area contributed by atoms with Crippen molar-refractivity contribution in [2.45, 2.75) is 25.8 Å². The number of halogens is 3. The molecule has 0 spiro atoms. The number of rotatable bonds is 4. The summed E-state index contributed by atoms with van der Waals surface area (Å²) in [4.78, 5) is 11.2. The fraction of sp³-hybridized carbons (Fsp3) is 0.417. The van der Waals surface area contributed by atoms with E-state index in [2.05, 4.69) is 5.32 Å². The van der Waals surface area contributed by atoms with Gasteiger partial charge in [0.15, 0.2) is 0 Å². The Hall–Kier alpha value is -1.16. The minimum atomic E-state index is -0.625. The lowest BCUT2D eigenvalue weighted by Crippen LogP contribution is -2.45. The minimum Gasteiger partial charge on any atom is -0.350 e. The van der Waals surface area contributed by atoms with Gasteiger partial charge in [-0.3, -0.25) is 4.79 Å². The zero-order chi connectivity index (χ0) is 13.1. The molecule has 1 N–H and O–H groups in total. The fourth-order valence-electron chi connectivity index (χ4n) is 1.68. The van der Waals surface area contributed by atoms with Gasteiger partial charge >= 0.3 is 0 Å². The van der Waals surface area contributed by atoms with Crippen LogP contribution in [0.2, 0.25) is 0 Å². The van der Waals surface area contributed by atoms with Crippen molar-refractivity contribution in [2.75, 3.05) is 5.88 Å². The summed E-state index contributed by atoms with van der Waals surface area (Å²) >= 11 is 5.38. The Morgan fingerprint density at radius 2 is 1.82 bits per heavy atom. The van der Waals surface area contributed by atoms with Crippen LogP contribution in [0.1, 0.15) is 19.4 Å². The Labute approximate surface area is 104 Å². The van der Waals surface area contributed by atoms with Gasteiger partial charge in [0, 0.05) is 11.6 Å². The van der Waals surface area contributed by atoms with E-state index >= 15 is 0 Å². The largest absolute Gasteiger partial charge is 0.350 e. The zero-order valence-corrected chi connectivity index (χ0v) is 10.4. The Morgan fingerprint density at radius 3 is 2.29 bits per heavy atom. The van der Waals surface area contributed by atoms with Gasteiger partial charge in [0.25, 0.3) is 0 Å². The van der Waals surface area contributed by atoms with Gasteiger partial charge in [-0.2, -0.15) is 0 Å². The molecule has 0 atom stereocenters. The van der Waals surface area contributed by atoms with Crippen LogP contribution in [0.5, 0.6) is 0 Å². The molecule has 0 unspecified atom stereocenters. The number of carbonyl (C=O) groups is 1. The monoisotopic (exact) mass is 261 g/mol. The summed E-state index contributed by atoms with van der Waals surface area (Å²) in [5.41, 5.74) is -0.117. The predicted octanol–water partition coefficient (Wildman–Crippen LogP) is 2.64. The molecular weight excluding hydrogens is 248 g/mol. The highest BCUT2D eigenvalue weighted by molar-refractivity contribution is 6.27. The molecule has 0 heterocycles. The molecule has 0 radical (unpaired) electrons. The van der Waals surface area contributed by atoms with Crippen molar-refractivity contribution >= 4 is 17.5 Å². The van der Waals surface area contributed by atoms with E-state index in [1.807, 2.05) is 0 Å². The maximum Gasteiger partial charge on any atom is 0.235 e. The molecule has 17 heavy (non-hydrogen) atoms. The van der Waals surface area contributed by atoms with Crippen LogP contribution in [0.15, 0.2) is 18.2 Å². The van der Waals surface area contributed by atoms with Crippen LogP contribution in [0.25, 0.3) is 0 Å². The maximum absolute atomic E-state index is 13.0. The van der Waals surface area contributed by atoms with Gasteiger partial charge < -0.3 is 5.32 Å². The summed E-state index contributed by atoms with van der Waals surface area (Å²) in [5.74, 6) is -1.70. The average Bonchev–Trinajstić information content (AvgIpc) is 2.13. The molecule has 0 fully saturated rings. The lowest BCUT2D eigenvalue weighted by Gasteiger charge is -2.26. The van der Waals surface area contributed by atoms with Gasteiger partial charge in [0.1, 0.15) is 17.5 Å². The number of carbonyl (C=O) groups excluding carboxylic acids is 1. The van der Waals surface area contributed by atoms with Crippen molar-refractivity contribution in [3.05, 3.63) is 35.4 Å². The lowest BCUT2D eigenvalue weighted by molar-refractivity contribution is -0.120. The number of alkyl halides is 1. The first kappa shape index (κ1) is 13.9. The number of benzene rings is 1. The van der Waals surface area contributed by atoms with Gasteiger partial charge in [-0.1, -0.05) is 0 Å². The van der Waals surface area contributed by atoms with Crippen molar-refractivity contribution < 1.29 is 13.6 Å². The number of hydrogen-bond donors (Lipinski definition) is 1. The second-order valence-corrected chi connectivity index (χ2v) is 4.79. The SMILES string of the molecule is CC(C)(Cc1cc(F)cc(F)c1)NC(=O)CCl. The van der Waals surface area contributed by atoms with Crippen molar-refractivity contribution in [1.29, 1.82) is 0 Å². The average molecular weight is 262 g/mol. The summed E-state index contributed by atoms with van der Waals surface area (Å²) in [6.45, 7) is 3.53. The van der Waals surface area contributed by atoms with Gasteiger partial charge in [0.05, 0.1) is 0 Å². The van der Waals surface area contributed by atoms with E-state index in [-0.39, 0.29) is 11.8 Å². The summed E-state index contributed by atoms with van der Waals surface area (Å²) in [6, 6.07) is 3.31. The summed E-state index contributed by atoms with van der Waals surface area (Å²) < 4.78 is 26.0. The molecule has 1 amide bonds. The molecule has 0 bridgehead atoms. The maximum atomic E-state index is 13.0. The summed E-state index contributed by atoms with van der Waals surface area (Å²) in [6.07, 6.45) is 0.324. The van der Waals surface area contributed by atoms with E-state index in [0.717, 1.165) is 6.07 Å². The highest BCUT2D eigenvalue weighted by Gasteiger charge is 2.21. The Balaban J connectivity index is 2.78. The van der Waals surface area contributed by atoms with E-state index in [4.69, 9.17) is 11.6 Å². The Morgan fingerprint density at radius 1 is 1.29 bits per heavy atom. The van der Waals surface area contributed by atoms with Crippen LogP contribution in [0.3, 0.4) is 0 Å². The molecular formula is C12H14ClF2NO. The normalized spacial score (nSPS) is 11.4. The number of hydrogen-bond acceptors (Lipinski definition) is 1. The second-order valence-electron chi connectivity index (χ2n) is 4.52. The Kier molecular flexibility index (Phi) is 4.46. The number of amides is 1. The topological polar surface area (TPSA) is 29.1 Å². The zero-order valence-electron chi connectivity index (χ0n) is 9.69. The molecule has 1 rings (SSSR count). The summed E-state index contributed by atoms with van der Waals surface area (Å²) in [7, 11) is 0. The molecule has 0 aromatic heterocycles. The quantitative estimate of drug-likeness (QED) is 0.830. The highest BCUT2D eigenvalue weighted by Crippen LogP contribution is 2.15. The molecule has 2 nitrogen and oxygen atoms in total.